The molecule has 0 aliphatic carbocycles. The molecule has 3 nitrogen and oxygen atoms in total. The lowest BCUT2D eigenvalue weighted by Crippen LogP contribution is -2.25. The number of benzene rings is 1. The van der Waals surface area contributed by atoms with Crippen molar-refractivity contribution in [2.24, 2.45) is 0 Å². The van der Waals surface area contributed by atoms with Crippen molar-refractivity contribution < 1.29 is 4.79 Å². The summed E-state index contributed by atoms with van der Waals surface area (Å²) in [5.41, 5.74) is 1.71. The fourth-order valence-corrected chi connectivity index (χ4v) is 3.25. The maximum atomic E-state index is 12.3. The van der Waals surface area contributed by atoms with Crippen LogP contribution in [0.4, 0.5) is 5.69 Å². The molecule has 0 radical (unpaired) electrons. The molecule has 0 spiro atoms. The lowest BCUT2D eigenvalue weighted by Gasteiger charge is -2.16. The summed E-state index contributed by atoms with van der Waals surface area (Å²) in [6.07, 6.45) is 0. The lowest BCUT2D eigenvalue weighted by molar-refractivity contribution is 0.0786. The molecule has 0 unspecified atom stereocenters. The first-order valence-electron chi connectivity index (χ1n) is 5.86. The molecule has 1 amide bonds. The normalized spacial score (nSPS) is 10.3. The van der Waals surface area contributed by atoms with Crippen LogP contribution < -0.4 is 5.32 Å². The molecular formula is C14H15BrN2OS. The van der Waals surface area contributed by atoms with E-state index in [2.05, 4.69) is 21.2 Å². The molecule has 1 aromatic heterocycles. The van der Waals surface area contributed by atoms with Crippen LogP contribution >= 0.6 is 27.3 Å². The molecule has 0 atom stereocenters. The smallest absolute Gasteiger partial charge is 0.253 e. The average Bonchev–Trinajstić information content (AvgIpc) is 2.83. The van der Waals surface area contributed by atoms with Gasteiger partial charge in [0, 0.05) is 40.1 Å². The number of thiophene rings is 1. The van der Waals surface area contributed by atoms with E-state index in [4.69, 9.17) is 0 Å². The highest BCUT2D eigenvalue weighted by atomic mass is 79.9. The SMILES string of the molecule is CNc1ccc(C(=O)N(C)Cc2cc(Br)cs2)cc1. The Morgan fingerprint density at radius 1 is 1.37 bits per heavy atom. The summed E-state index contributed by atoms with van der Waals surface area (Å²) < 4.78 is 1.06. The monoisotopic (exact) mass is 338 g/mol. The van der Waals surface area contributed by atoms with Gasteiger partial charge in [0.25, 0.3) is 5.91 Å². The van der Waals surface area contributed by atoms with Crippen LogP contribution in [0.3, 0.4) is 0 Å². The van der Waals surface area contributed by atoms with E-state index in [0.717, 1.165) is 15.0 Å². The zero-order valence-corrected chi connectivity index (χ0v) is 13.2. The molecule has 1 heterocycles. The molecule has 5 heteroatoms. The van der Waals surface area contributed by atoms with Crippen molar-refractivity contribution in [3.05, 3.63) is 50.6 Å². The number of hydrogen-bond donors (Lipinski definition) is 1. The van der Waals surface area contributed by atoms with Crippen molar-refractivity contribution in [1.82, 2.24) is 4.90 Å². The minimum absolute atomic E-state index is 0.0344. The highest BCUT2D eigenvalue weighted by Gasteiger charge is 2.12. The number of amides is 1. The first-order chi connectivity index (χ1) is 9.10. The van der Waals surface area contributed by atoms with E-state index < -0.39 is 0 Å². The van der Waals surface area contributed by atoms with Crippen LogP contribution in [-0.4, -0.2) is 24.9 Å². The number of anilines is 1. The standard InChI is InChI=1S/C14H15BrN2OS/c1-16-12-5-3-10(4-6-12)14(18)17(2)8-13-7-11(15)9-19-13/h3-7,9,16H,8H2,1-2H3. The number of nitrogens with zero attached hydrogens (tertiary/aromatic N) is 1. The number of carbonyl (C=O) groups excluding carboxylic acids is 1. The maximum Gasteiger partial charge on any atom is 0.253 e. The van der Waals surface area contributed by atoms with Crippen molar-refractivity contribution in [3.63, 3.8) is 0 Å². The van der Waals surface area contributed by atoms with Crippen molar-refractivity contribution in [1.29, 1.82) is 0 Å². The largest absolute Gasteiger partial charge is 0.388 e. The molecule has 0 bridgehead atoms. The summed E-state index contributed by atoms with van der Waals surface area (Å²) in [6.45, 7) is 0.628. The van der Waals surface area contributed by atoms with E-state index >= 15 is 0 Å². The summed E-state index contributed by atoms with van der Waals surface area (Å²) in [4.78, 5) is 15.1. The highest BCUT2D eigenvalue weighted by Crippen LogP contribution is 2.21. The second-order valence-corrected chi connectivity index (χ2v) is 6.13. The number of rotatable bonds is 4. The van der Waals surface area contributed by atoms with E-state index in [0.29, 0.717) is 12.1 Å². The third-order valence-corrected chi connectivity index (χ3v) is 4.46. The van der Waals surface area contributed by atoms with Crippen LogP contribution in [0, 0.1) is 0 Å². The van der Waals surface area contributed by atoms with E-state index in [1.807, 2.05) is 49.8 Å². The minimum Gasteiger partial charge on any atom is -0.388 e. The molecule has 0 saturated heterocycles. The van der Waals surface area contributed by atoms with Crippen LogP contribution in [-0.2, 0) is 6.54 Å². The molecule has 0 fully saturated rings. The topological polar surface area (TPSA) is 32.3 Å². The Morgan fingerprint density at radius 2 is 2.05 bits per heavy atom. The van der Waals surface area contributed by atoms with Gasteiger partial charge in [0.1, 0.15) is 0 Å². The molecule has 2 aromatic rings. The third-order valence-electron chi connectivity index (χ3n) is 2.78. The highest BCUT2D eigenvalue weighted by molar-refractivity contribution is 9.10. The Hall–Kier alpha value is -1.33. The van der Waals surface area contributed by atoms with Crippen LogP contribution in [0.1, 0.15) is 15.2 Å². The Morgan fingerprint density at radius 3 is 2.58 bits per heavy atom. The van der Waals surface area contributed by atoms with Gasteiger partial charge in [0.15, 0.2) is 0 Å². The molecular weight excluding hydrogens is 324 g/mol. The summed E-state index contributed by atoms with van der Waals surface area (Å²) >= 11 is 5.07. The first kappa shape index (κ1) is 14.1. The zero-order chi connectivity index (χ0) is 13.8. The van der Waals surface area contributed by atoms with Crippen LogP contribution in [0.15, 0.2) is 40.2 Å². The van der Waals surface area contributed by atoms with Gasteiger partial charge >= 0.3 is 0 Å². The average molecular weight is 339 g/mol. The molecule has 0 aliphatic rings. The van der Waals surface area contributed by atoms with Gasteiger partial charge in [-0.1, -0.05) is 0 Å². The predicted molar refractivity (Wildman–Crippen MR) is 83.8 cm³/mol. The fraction of sp³-hybridized carbons (Fsp3) is 0.214. The molecule has 100 valence electrons. The van der Waals surface area contributed by atoms with Crippen molar-refractivity contribution in [2.45, 2.75) is 6.54 Å². The van der Waals surface area contributed by atoms with Crippen LogP contribution in [0.2, 0.25) is 0 Å². The number of carbonyl (C=O) groups is 1. The molecule has 0 aliphatic heterocycles. The summed E-state index contributed by atoms with van der Waals surface area (Å²) in [7, 11) is 3.68. The second kappa shape index (κ2) is 6.21. The van der Waals surface area contributed by atoms with Gasteiger partial charge in [-0.25, -0.2) is 0 Å². The Labute approximate surface area is 125 Å². The van der Waals surface area contributed by atoms with Crippen LogP contribution in [0.25, 0.3) is 0 Å². The van der Waals surface area contributed by atoms with E-state index in [-0.39, 0.29) is 5.91 Å². The van der Waals surface area contributed by atoms with Gasteiger partial charge in [0.2, 0.25) is 0 Å². The molecule has 1 aromatic carbocycles. The molecule has 19 heavy (non-hydrogen) atoms. The van der Waals surface area contributed by atoms with E-state index in [1.54, 1.807) is 16.2 Å². The van der Waals surface area contributed by atoms with E-state index in [1.165, 1.54) is 0 Å². The number of nitrogens with one attached hydrogen (secondary N) is 1. The van der Waals surface area contributed by atoms with E-state index in [9.17, 15) is 4.79 Å². The van der Waals surface area contributed by atoms with Gasteiger partial charge in [-0.3, -0.25) is 4.79 Å². The fourth-order valence-electron chi connectivity index (χ4n) is 1.74. The molecule has 1 N–H and O–H groups in total. The Kier molecular flexibility index (Phi) is 4.61. The summed E-state index contributed by atoms with van der Waals surface area (Å²) in [5, 5.41) is 5.06. The molecule has 2 rings (SSSR count). The van der Waals surface area contributed by atoms with Crippen LogP contribution in [0.5, 0.6) is 0 Å². The number of hydrogen-bond acceptors (Lipinski definition) is 3. The summed E-state index contributed by atoms with van der Waals surface area (Å²) in [5.74, 6) is 0.0344. The summed E-state index contributed by atoms with van der Waals surface area (Å²) in [6, 6.07) is 9.54. The van der Waals surface area contributed by atoms with Gasteiger partial charge in [-0.2, -0.15) is 0 Å². The molecule has 0 saturated carbocycles. The van der Waals surface area contributed by atoms with Crippen molar-refractivity contribution >= 4 is 38.9 Å². The first-order valence-corrected chi connectivity index (χ1v) is 7.53. The Bertz CT molecular complexity index is 565. The predicted octanol–water partition coefficient (Wildman–Crippen LogP) is 3.82. The minimum atomic E-state index is 0.0344. The van der Waals surface area contributed by atoms with Crippen molar-refractivity contribution in [2.75, 3.05) is 19.4 Å². The van der Waals surface area contributed by atoms with Gasteiger partial charge in [0.05, 0.1) is 6.54 Å². The van der Waals surface area contributed by atoms with Gasteiger partial charge < -0.3 is 10.2 Å². The lowest BCUT2D eigenvalue weighted by atomic mass is 10.2. The quantitative estimate of drug-likeness (QED) is 0.918. The second-order valence-electron chi connectivity index (χ2n) is 4.22. The van der Waals surface area contributed by atoms with Gasteiger partial charge in [-0.05, 0) is 46.3 Å². The maximum absolute atomic E-state index is 12.3. The third kappa shape index (κ3) is 3.58. The van der Waals surface area contributed by atoms with Gasteiger partial charge in [-0.15, -0.1) is 11.3 Å². The zero-order valence-electron chi connectivity index (χ0n) is 10.8. The van der Waals surface area contributed by atoms with Crippen molar-refractivity contribution in [3.8, 4) is 0 Å². The Balaban J connectivity index is 2.05. The number of halogens is 1.